The monoisotopic (exact) mass is 538 g/mol. The molecule has 0 saturated carbocycles. The maximum atomic E-state index is 13.4. The molecule has 2 aromatic rings. The SMILES string of the molecule is CCCCOc1ccc(C2C(=C(O)c3ccc(OCC)c(C)c3)C(=O)C(=O)N2CCN(CC)CC)cc1OC. The predicted molar refractivity (Wildman–Crippen MR) is 153 cm³/mol. The first-order chi connectivity index (χ1) is 18.8. The first kappa shape index (κ1) is 30.0. The van der Waals surface area contributed by atoms with Crippen LogP contribution in [0.15, 0.2) is 42.0 Å². The smallest absolute Gasteiger partial charge is 0.295 e. The number of likely N-dealkylation sites (tertiary alicyclic amines) is 1. The molecular weight excluding hydrogens is 496 g/mol. The Labute approximate surface area is 232 Å². The minimum atomic E-state index is -0.772. The molecule has 212 valence electrons. The second-order valence-corrected chi connectivity index (χ2v) is 9.54. The number of hydrogen-bond donors (Lipinski definition) is 1. The van der Waals surface area contributed by atoms with Gasteiger partial charge < -0.3 is 29.1 Å². The molecule has 0 radical (unpaired) electrons. The van der Waals surface area contributed by atoms with Crippen LogP contribution in [0.1, 0.15) is 63.3 Å². The summed E-state index contributed by atoms with van der Waals surface area (Å²) in [5.41, 5.74) is 2.00. The quantitative estimate of drug-likeness (QED) is 0.150. The van der Waals surface area contributed by atoms with Crippen molar-refractivity contribution in [2.45, 2.75) is 53.5 Å². The summed E-state index contributed by atoms with van der Waals surface area (Å²) in [4.78, 5) is 30.6. The standard InChI is InChI=1S/C31H42N2O6/c1-7-11-18-39-25-15-12-22(20-26(25)37-6)28-27(29(34)23-13-14-24(38-10-4)21(5)19-23)30(35)31(36)33(28)17-16-32(8-2)9-3/h12-15,19-20,28,34H,7-11,16-18H2,1-6H3. The van der Waals surface area contributed by atoms with E-state index in [9.17, 15) is 14.7 Å². The predicted octanol–water partition coefficient (Wildman–Crippen LogP) is 5.34. The van der Waals surface area contributed by atoms with Gasteiger partial charge in [0, 0.05) is 18.7 Å². The van der Waals surface area contributed by atoms with Crippen LogP contribution in [0.3, 0.4) is 0 Å². The van der Waals surface area contributed by atoms with E-state index in [0.717, 1.165) is 31.5 Å². The van der Waals surface area contributed by atoms with Gasteiger partial charge in [0.05, 0.1) is 31.9 Å². The minimum Gasteiger partial charge on any atom is -0.507 e. The van der Waals surface area contributed by atoms with E-state index in [2.05, 4.69) is 25.7 Å². The first-order valence-electron chi connectivity index (χ1n) is 13.9. The highest BCUT2D eigenvalue weighted by Gasteiger charge is 2.46. The van der Waals surface area contributed by atoms with Crippen LogP contribution in [0.4, 0.5) is 0 Å². The maximum Gasteiger partial charge on any atom is 0.295 e. The molecule has 8 nitrogen and oxygen atoms in total. The number of Topliss-reactive ketones (excluding diaryl/α,β-unsaturated/α-hetero) is 1. The van der Waals surface area contributed by atoms with E-state index in [-0.39, 0.29) is 11.3 Å². The fourth-order valence-electron chi connectivity index (χ4n) is 4.82. The number of aliphatic hydroxyl groups excluding tert-OH is 1. The first-order valence-corrected chi connectivity index (χ1v) is 13.9. The number of nitrogens with zero attached hydrogens (tertiary/aromatic N) is 2. The molecule has 3 rings (SSSR count). The number of ether oxygens (including phenoxy) is 3. The van der Waals surface area contributed by atoms with Crippen molar-refractivity contribution in [3.05, 3.63) is 58.7 Å². The third-order valence-corrected chi connectivity index (χ3v) is 7.10. The lowest BCUT2D eigenvalue weighted by atomic mass is 9.94. The number of carbonyl (C=O) groups is 2. The Balaban J connectivity index is 2.12. The highest BCUT2D eigenvalue weighted by atomic mass is 16.5. The zero-order valence-corrected chi connectivity index (χ0v) is 24.1. The van der Waals surface area contributed by atoms with E-state index in [1.165, 1.54) is 0 Å². The number of hydrogen-bond acceptors (Lipinski definition) is 7. The summed E-state index contributed by atoms with van der Waals surface area (Å²) in [6.07, 6.45) is 1.92. The molecule has 1 aliphatic rings. The number of aliphatic hydroxyl groups is 1. The molecule has 39 heavy (non-hydrogen) atoms. The van der Waals surface area contributed by atoms with Crippen molar-refractivity contribution in [2.75, 3.05) is 46.5 Å². The van der Waals surface area contributed by atoms with Crippen LogP contribution in [0.2, 0.25) is 0 Å². The van der Waals surface area contributed by atoms with Gasteiger partial charge in [0.15, 0.2) is 11.5 Å². The van der Waals surface area contributed by atoms with Crippen LogP contribution in [0, 0.1) is 6.92 Å². The Hall–Kier alpha value is -3.52. The van der Waals surface area contributed by atoms with Gasteiger partial charge in [-0.1, -0.05) is 33.3 Å². The van der Waals surface area contributed by atoms with Crippen LogP contribution in [0.25, 0.3) is 5.76 Å². The lowest BCUT2D eigenvalue weighted by molar-refractivity contribution is -0.140. The third-order valence-electron chi connectivity index (χ3n) is 7.10. The van der Waals surface area contributed by atoms with Crippen molar-refractivity contribution >= 4 is 17.4 Å². The van der Waals surface area contributed by atoms with E-state index in [1.54, 1.807) is 42.3 Å². The molecule has 1 N–H and O–H groups in total. The van der Waals surface area contributed by atoms with Crippen LogP contribution < -0.4 is 14.2 Å². The molecule has 1 atom stereocenters. The zero-order valence-electron chi connectivity index (χ0n) is 24.1. The van der Waals surface area contributed by atoms with E-state index in [4.69, 9.17) is 14.2 Å². The highest BCUT2D eigenvalue weighted by molar-refractivity contribution is 6.46. The van der Waals surface area contributed by atoms with E-state index >= 15 is 0 Å². The number of likely N-dealkylation sites (N-methyl/N-ethyl adjacent to an activating group) is 1. The van der Waals surface area contributed by atoms with Crippen LogP contribution in [-0.2, 0) is 9.59 Å². The lowest BCUT2D eigenvalue weighted by Crippen LogP contribution is -2.38. The molecule has 1 unspecified atom stereocenters. The van der Waals surface area contributed by atoms with Crippen molar-refractivity contribution in [3.8, 4) is 17.2 Å². The van der Waals surface area contributed by atoms with Gasteiger partial charge >= 0.3 is 0 Å². The molecule has 0 aromatic heterocycles. The van der Waals surface area contributed by atoms with Gasteiger partial charge in [-0.3, -0.25) is 9.59 Å². The summed E-state index contributed by atoms with van der Waals surface area (Å²) >= 11 is 0. The average Bonchev–Trinajstić information content (AvgIpc) is 3.19. The van der Waals surface area contributed by atoms with Crippen molar-refractivity contribution in [3.63, 3.8) is 0 Å². The molecule has 1 aliphatic heterocycles. The summed E-state index contributed by atoms with van der Waals surface area (Å²) in [5, 5.41) is 11.5. The summed E-state index contributed by atoms with van der Waals surface area (Å²) in [5.74, 6) is 0.266. The molecular formula is C31H42N2O6. The summed E-state index contributed by atoms with van der Waals surface area (Å²) in [7, 11) is 1.56. The summed E-state index contributed by atoms with van der Waals surface area (Å²) in [6, 6.07) is 9.90. The second kappa shape index (κ2) is 14.0. The number of benzene rings is 2. The molecule has 0 bridgehead atoms. The Morgan fingerprint density at radius 1 is 0.974 bits per heavy atom. The minimum absolute atomic E-state index is 0.0600. The number of rotatable bonds is 14. The van der Waals surface area contributed by atoms with Crippen molar-refractivity contribution in [2.24, 2.45) is 0 Å². The number of methoxy groups -OCH3 is 1. The molecule has 0 spiro atoms. The fourth-order valence-corrected chi connectivity index (χ4v) is 4.82. The molecule has 1 amide bonds. The second-order valence-electron chi connectivity index (χ2n) is 9.54. The summed E-state index contributed by atoms with van der Waals surface area (Å²) < 4.78 is 17.1. The van der Waals surface area contributed by atoms with E-state index < -0.39 is 17.7 Å². The molecule has 2 aromatic carbocycles. The van der Waals surface area contributed by atoms with Gasteiger partial charge in [-0.05, 0) is 74.8 Å². The Kier molecular flexibility index (Phi) is 10.8. The van der Waals surface area contributed by atoms with Crippen LogP contribution in [-0.4, -0.2) is 73.1 Å². The molecule has 1 saturated heterocycles. The fraction of sp³-hybridized carbons (Fsp3) is 0.484. The Morgan fingerprint density at radius 3 is 2.31 bits per heavy atom. The zero-order chi connectivity index (χ0) is 28.5. The van der Waals surface area contributed by atoms with Gasteiger partial charge in [0.2, 0.25) is 0 Å². The molecule has 0 aliphatic carbocycles. The molecule has 1 heterocycles. The van der Waals surface area contributed by atoms with Crippen LogP contribution in [0.5, 0.6) is 17.2 Å². The van der Waals surface area contributed by atoms with Gasteiger partial charge in [-0.2, -0.15) is 0 Å². The number of ketones is 1. The number of amides is 1. The van der Waals surface area contributed by atoms with E-state index in [1.807, 2.05) is 19.9 Å². The van der Waals surface area contributed by atoms with Gasteiger partial charge in [0.25, 0.3) is 11.7 Å². The van der Waals surface area contributed by atoms with Crippen LogP contribution >= 0.6 is 0 Å². The van der Waals surface area contributed by atoms with Crippen molar-refractivity contribution < 1.29 is 28.9 Å². The van der Waals surface area contributed by atoms with Gasteiger partial charge in [-0.15, -0.1) is 0 Å². The van der Waals surface area contributed by atoms with Crippen molar-refractivity contribution in [1.82, 2.24) is 9.80 Å². The molecule has 8 heteroatoms. The lowest BCUT2D eigenvalue weighted by Gasteiger charge is -2.28. The Bertz CT molecular complexity index is 1190. The van der Waals surface area contributed by atoms with Gasteiger partial charge in [0.1, 0.15) is 11.5 Å². The topological polar surface area (TPSA) is 88.5 Å². The normalized spacial score (nSPS) is 16.7. The number of carbonyl (C=O) groups excluding carboxylic acids is 2. The maximum absolute atomic E-state index is 13.4. The van der Waals surface area contributed by atoms with Gasteiger partial charge in [-0.25, -0.2) is 0 Å². The van der Waals surface area contributed by atoms with Crippen molar-refractivity contribution in [1.29, 1.82) is 0 Å². The number of unbranched alkanes of at least 4 members (excludes halogenated alkanes) is 1. The average molecular weight is 539 g/mol. The number of aryl methyl sites for hydroxylation is 1. The van der Waals surface area contributed by atoms with E-state index in [0.29, 0.717) is 54.7 Å². The summed E-state index contributed by atoms with van der Waals surface area (Å²) in [6.45, 7) is 13.7. The highest BCUT2D eigenvalue weighted by Crippen LogP contribution is 2.42. The largest absolute Gasteiger partial charge is 0.507 e. The molecule has 1 fully saturated rings. The third kappa shape index (κ3) is 6.74. The Morgan fingerprint density at radius 2 is 1.69 bits per heavy atom.